The first-order valence-corrected chi connectivity index (χ1v) is 10.5. The van der Waals surface area contributed by atoms with Gasteiger partial charge in [0.15, 0.2) is 0 Å². The lowest BCUT2D eigenvalue weighted by Gasteiger charge is -2.37. The van der Waals surface area contributed by atoms with Gasteiger partial charge in [-0.2, -0.15) is 0 Å². The summed E-state index contributed by atoms with van der Waals surface area (Å²) >= 11 is 0. The van der Waals surface area contributed by atoms with Crippen molar-refractivity contribution in [1.82, 2.24) is 0 Å². The molecule has 0 saturated carbocycles. The minimum atomic E-state index is -0.958. The van der Waals surface area contributed by atoms with E-state index >= 15 is 0 Å². The highest BCUT2D eigenvalue weighted by Crippen LogP contribution is 2.33. The minimum absolute atomic E-state index is 0.194. The third kappa shape index (κ3) is 8.22. The van der Waals surface area contributed by atoms with Gasteiger partial charge in [0.1, 0.15) is 0 Å². The topological polar surface area (TPSA) is 46.2 Å². The van der Waals surface area contributed by atoms with Crippen LogP contribution in [0.15, 0.2) is 0 Å². The second-order valence-electron chi connectivity index (χ2n) is 7.47. The fourth-order valence-electron chi connectivity index (χ4n) is 3.63. The SMILES string of the molecule is CCCCCCCCC(CCC(C)OCC1CCO1)C(OC)(OC)OC. The van der Waals surface area contributed by atoms with Crippen LogP contribution in [0.3, 0.4) is 0 Å². The average molecular weight is 375 g/mol. The first-order valence-electron chi connectivity index (χ1n) is 10.5. The summed E-state index contributed by atoms with van der Waals surface area (Å²) in [6, 6.07) is 0. The normalized spacial score (nSPS) is 20.0. The highest BCUT2D eigenvalue weighted by atomic mass is 16.9. The smallest absolute Gasteiger partial charge is 0.285 e. The van der Waals surface area contributed by atoms with Crippen LogP contribution in [0, 0.1) is 5.92 Å². The molecule has 0 radical (unpaired) electrons. The quantitative estimate of drug-likeness (QED) is 0.267. The molecular weight excluding hydrogens is 332 g/mol. The van der Waals surface area contributed by atoms with Crippen molar-refractivity contribution in [3.05, 3.63) is 0 Å². The molecule has 1 heterocycles. The van der Waals surface area contributed by atoms with Gasteiger partial charge >= 0.3 is 0 Å². The Hall–Kier alpha value is -0.200. The lowest BCUT2D eigenvalue weighted by atomic mass is 9.92. The molecule has 26 heavy (non-hydrogen) atoms. The van der Waals surface area contributed by atoms with Crippen molar-refractivity contribution in [2.24, 2.45) is 5.92 Å². The van der Waals surface area contributed by atoms with Crippen molar-refractivity contribution >= 4 is 0 Å². The van der Waals surface area contributed by atoms with Gasteiger partial charge in [0, 0.05) is 33.9 Å². The summed E-state index contributed by atoms with van der Waals surface area (Å²) in [7, 11) is 4.99. The second-order valence-corrected chi connectivity index (χ2v) is 7.47. The van der Waals surface area contributed by atoms with Crippen LogP contribution in [0.4, 0.5) is 0 Å². The molecular formula is C21H42O5. The zero-order valence-electron chi connectivity index (χ0n) is 17.8. The predicted molar refractivity (Wildman–Crippen MR) is 104 cm³/mol. The fourth-order valence-corrected chi connectivity index (χ4v) is 3.63. The molecule has 0 N–H and O–H groups in total. The summed E-state index contributed by atoms with van der Waals surface area (Å²) in [6.45, 7) is 5.96. The van der Waals surface area contributed by atoms with E-state index in [4.69, 9.17) is 23.7 Å². The van der Waals surface area contributed by atoms with Crippen LogP contribution in [-0.2, 0) is 23.7 Å². The molecule has 5 nitrogen and oxygen atoms in total. The molecule has 3 atom stereocenters. The van der Waals surface area contributed by atoms with E-state index in [-0.39, 0.29) is 12.0 Å². The molecule has 1 fully saturated rings. The van der Waals surface area contributed by atoms with Gasteiger partial charge in [0.05, 0.1) is 18.8 Å². The standard InChI is InChI=1S/C21H42O5/c1-6-7-8-9-10-11-12-19(21(22-3,23-4)24-5)14-13-18(2)26-17-20-15-16-25-20/h18-20H,6-17H2,1-5H3. The Morgan fingerprint density at radius 1 is 0.923 bits per heavy atom. The van der Waals surface area contributed by atoms with Crippen LogP contribution >= 0.6 is 0 Å². The van der Waals surface area contributed by atoms with Crippen LogP contribution in [0.1, 0.15) is 78.1 Å². The number of methoxy groups -OCH3 is 3. The molecule has 1 aliphatic rings. The predicted octanol–water partition coefficient (Wildman–Crippen LogP) is 4.92. The van der Waals surface area contributed by atoms with E-state index in [1.54, 1.807) is 21.3 Å². The van der Waals surface area contributed by atoms with Gasteiger partial charge in [-0.05, 0) is 32.6 Å². The van der Waals surface area contributed by atoms with E-state index in [2.05, 4.69) is 13.8 Å². The maximum atomic E-state index is 5.93. The Kier molecular flexibility index (Phi) is 12.7. The molecule has 0 aromatic heterocycles. The molecule has 0 aromatic rings. The first kappa shape index (κ1) is 23.8. The van der Waals surface area contributed by atoms with Gasteiger partial charge in [-0.15, -0.1) is 0 Å². The molecule has 1 aliphatic heterocycles. The summed E-state index contributed by atoms with van der Waals surface area (Å²) in [4.78, 5) is 0. The first-order chi connectivity index (χ1) is 12.6. The maximum absolute atomic E-state index is 5.93. The summed E-state index contributed by atoms with van der Waals surface area (Å²) in [5, 5.41) is 0. The number of hydrogen-bond acceptors (Lipinski definition) is 5. The molecule has 5 heteroatoms. The van der Waals surface area contributed by atoms with Crippen molar-refractivity contribution < 1.29 is 23.7 Å². The van der Waals surface area contributed by atoms with Crippen molar-refractivity contribution in [2.75, 3.05) is 34.5 Å². The molecule has 156 valence electrons. The van der Waals surface area contributed by atoms with Gasteiger partial charge in [-0.3, -0.25) is 0 Å². The van der Waals surface area contributed by atoms with Crippen molar-refractivity contribution in [3.8, 4) is 0 Å². The number of ether oxygens (including phenoxy) is 5. The Bertz CT molecular complexity index is 320. The summed E-state index contributed by atoms with van der Waals surface area (Å²) in [5.74, 6) is -0.764. The van der Waals surface area contributed by atoms with Gasteiger partial charge in [-0.25, -0.2) is 0 Å². The van der Waals surface area contributed by atoms with E-state index in [9.17, 15) is 0 Å². The molecule has 1 rings (SSSR count). The van der Waals surface area contributed by atoms with E-state index in [0.29, 0.717) is 12.7 Å². The molecule has 0 aliphatic carbocycles. The molecule has 3 unspecified atom stereocenters. The maximum Gasteiger partial charge on any atom is 0.285 e. The summed E-state index contributed by atoms with van der Waals surface area (Å²) in [6.07, 6.45) is 12.3. The number of rotatable bonds is 17. The van der Waals surface area contributed by atoms with E-state index in [1.165, 1.54) is 38.5 Å². The van der Waals surface area contributed by atoms with Gasteiger partial charge in [0.25, 0.3) is 5.97 Å². The van der Waals surface area contributed by atoms with Crippen LogP contribution in [-0.4, -0.2) is 52.7 Å². The monoisotopic (exact) mass is 374 g/mol. The van der Waals surface area contributed by atoms with Crippen LogP contribution in [0.2, 0.25) is 0 Å². The highest BCUT2D eigenvalue weighted by molar-refractivity contribution is 4.73. The van der Waals surface area contributed by atoms with Gasteiger partial charge in [-0.1, -0.05) is 45.4 Å². The Morgan fingerprint density at radius 3 is 2.08 bits per heavy atom. The lowest BCUT2D eigenvalue weighted by molar-refractivity contribution is -0.380. The van der Waals surface area contributed by atoms with Crippen LogP contribution in [0.25, 0.3) is 0 Å². The van der Waals surface area contributed by atoms with Gasteiger partial charge < -0.3 is 23.7 Å². The zero-order valence-corrected chi connectivity index (χ0v) is 17.8. The van der Waals surface area contributed by atoms with Crippen molar-refractivity contribution in [2.45, 2.75) is 96.2 Å². The van der Waals surface area contributed by atoms with Crippen LogP contribution < -0.4 is 0 Å². The minimum Gasteiger partial charge on any atom is -0.376 e. The summed E-state index contributed by atoms with van der Waals surface area (Å²) < 4.78 is 28.3. The van der Waals surface area contributed by atoms with Crippen molar-refractivity contribution in [3.63, 3.8) is 0 Å². The third-order valence-corrected chi connectivity index (χ3v) is 5.54. The van der Waals surface area contributed by atoms with Gasteiger partial charge in [0.2, 0.25) is 0 Å². The van der Waals surface area contributed by atoms with E-state index < -0.39 is 5.97 Å². The number of hydrogen-bond donors (Lipinski definition) is 0. The second kappa shape index (κ2) is 13.9. The average Bonchev–Trinajstić information content (AvgIpc) is 2.62. The third-order valence-electron chi connectivity index (χ3n) is 5.54. The molecule has 0 aromatic carbocycles. The molecule has 0 amide bonds. The van der Waals surface area contributed by atoms with Crippen molar-refractivity contribution in [1.29, 1.82) is 0 Å². The molecule has 0 bridgehead atoms. The Morgan fingerprint density at radius 2 is 1.54 bits per heavy atom. The van der Waals surface area contributed by atoms with E-state index in [0.717, 1.165) is 32.3 Å². The lowest BCUT2D eigenvalue weighted by Crippen LogP contribution is -2.44. The van der Waals surface area contributed by atoms with Crippen LogP contribution in [0.5, 0.6) is 0 Å². The summed E-state index contributed by atoms with van der Waals surface area (Å²) in [5.41, 5.74) is 0. The Balaban J connectivity index is 2.42. The van der Waals surface area contributed by atoms with E-state index in [1.807, 2.05) is 0 Å². The highest BCUT2D eigenvalue weighted by Gasteiger charge is 2.39. The molecule has 1 saturated heterocycles. The molecule has 0 spiro atoms. The number of unbranched alkanes of at least 4 members (excludes halogenated alkanes) is 5. The Labute approximate surface area is 161 Å². The fraction of sp³-hybridized carbons (Fsp3) is 1.00. The largest absolute Gasteiger partial charge is 0.376 e. The zero-order chi connectivity index (χ0) is 19.3.